The topological polar surface area (TPSA) is 78.9 Å². The van der Waals surface area contributed by atoms with Crippen molar-refractivity contribution in [3.8, 4) is 0 Å². The van der Waals surface area contributed by atoms with Crippen molar-refractivity contribution in [3.63, 3.8) is 0 Å². The highest BCUT2D eigenvalue weighted by Gasteiger charge is 2.48. The minimum atomic E-state index is -1.28. The number of alkyl carbamates (subject to hydrolysis) is 1. The van der Waals surface area contributed by atoms with Gasteiger partial charge in [-0.3, -0.25) is 0 Å². The molecule has 0 saturated carbocycles. The Kier molecular flexibility index (Phi) is 4.47. The zero-order valence-corrected chi connectivity index (χ0v) is 12.2. The number of benzene rings is 1. The minimum Gasteiger partial charge on any atom is -0.479 e. The quantitative estimate of drug-likeness (QED) is 0.878. The minimum absolute atomic E-state index is 0.0931. The van der Waals surface area contributed by atoms with E-state index < -0.39 is 17.6 Å². The molecule has 0 spiro atoms. The molecule has 2 unspecified atom stereocenters. The predicted molar refractivity (Wildman–Crippen MR) is 76.8 cm³/mol. The third kappa shape index (κ3) is 3.52. The van der Waals surface area contributed by atoms with Gasteiger partial charge in [-0.05, 0) is 26.0 Å². The van der Waals surface area contributed by atoms with E-state index in [1.54, 1.807) is 0 Å². The summed E-state index contributed by atoms with van der Waals surface area (Å²) in [4.78, 5) is 25.3. The molecule has 1 aliphatic rings. The van der Waals surface area contributed by atoms with E-state index in [1.807, 2.05) is 49.2 Å². The van der Waals surface area contributed by atoms with Crippen LogP contribution in [0, 0.1) is 0 Å². The molecule has 0 aliphatic carbocycles. The van der Waals surface area contributed by atoms with Gasteiger partial charge >= 0.3 is 12.1 Å². The van der Waals surface area contributed by atoms with Crippen molar-refractivity contribution in [1.29, 1.82) is 0 Å². The zero-order chi connectivity index (χ0) is 15.5. The first-order chi connectivity index (χ1) is 9.93. The Morgan fingerprint density at radius 2 is 2.10 bits per heavy atom. The van der Waals surface area contributed by atoms with Crippen LogP contribution < -0.4 is 5.32 Å². The first-order valence-electron chi connectivity index (χ1n) is 6.85. The van der Waals surface area contributed by atoms with Gasteiger partial charge in [-0.25, -0.2) is 9.59 Å². The molecular formula is C15H20N2O4. The smallest absolute Gasteiger partial charge is 0.408 e. The van der Waals surface area contributed by atoms with Gasteiger partial charge in [-0.1, -0.05) is 30.3 Å². The highest BCUT2D eigenvalue weighted by Crippen LogP contribution is 2.26. The second-order valence-electron chi connectivity index (χ2n) is 5.54. The number of nitrogens with one attached hydrogen (secondary N) is 1. The number of ether oxygens (including phenoxy) is 1. The van der Waals surface area contributed by atoms with Gasteiger partial charge in [0.1, 0.15) is 6.61 Å². The maximum Gasteiger partial charge on any atom is 0.408 e. The van der Waals surface area contributed by atoms with Crippen molar-refractivity contribution in [2.45, 2.75) is 31.5 Å². The molecule has 1 amide bonds. The second-order valence-corrected chi connectivity index (χ2v) is 5.54. The Labute approximate surface area is 123 Å². The van der Waals surface area contributed by atoms with E-state index in [0.29, 0.717) is 6.42 Å². The predicted octanol–water partition coefficient (Wildman–Crippen LogP) is 1.46. The Morgan fingerprint density at radius 3 is 2.62 bits per heavy atom. The molecule has 6 heteroatoms. The van der Waals surface area contributed by atoms with Gasteiger partial charge in [0.15, 0.2) is 5.54 Å². The molecule has 6 nitrogen and oxygen atoms in total. The van der Waals surface area contributed by atoms with Crippen molar-refractivity contribution >= 4 is 12.1 Å². The van der Waals surface area contributed by atoms with Gasteiger partial charge in [-0.2, -0.15) is 0 Å². The summed E-state index contributed by atoms with van der Waals surface area (Å²) in [6, 6.07) is 9.35. The number of hydrogen-bond acceptors (Lipinski definition) is 4. The van der Waals surface area contributed by atoms with Crippen LogP contribution >= 0.6 is 0 Å². The molecule has 2 N–H and O–H groups in total. The molecule has 1 fully saturated rings. The third-order valence-corrected chi connectivity index (χ3v) is 3.88. The molecule has 1 saturated heterocycles. The highest BCUT2D eigenvalue weighted by molar-refractivity contribution is 5.85. The number of carbonyl (C=O) groups excluding carboxylic acids is 1. The van der Waals surface area contributed by atoms with Crippen molar-refractivity contribution in [2.75, 3.05) is 13.6 Å². The van der Waals surface area contributed by atoms with Crippen molar-refractivity contribution in [1.82, 2.24) is 10.2 Å². The number of nitrogens with zero attached hydrogens (tertiary/aromatic N) is 1. The van der Waals surface area contributed by atoms with Crippen LogP contribution in [0.15, 0.2) is 30.3 Å². The molecule has 1 heterocycles. The van der Waals surface area contributed by atoms with E-state index in [-0.39, 0.29) is 19.2 Å². The Morgan fingerprint density at radius 1 is 1.43 bits per heavy atom. The first-order valence-corrected chi connectivity index (χ1v) is 6.85. The van der Waals surface area contributed by atoms with E-state index in [0.717, 1.165) is 5.56 Å². The fourth-order valence-corrected chi connectivity index (χ4v) is 2.56. The lowest BCUT2D eigenvalue weighted by Crippen LogP contribution is -2.56. The lowest BCUT2D eigenvalue weighted by molar-refractivity contribution is -0.144. The normalized spacial score (nSPS) is 25.5. The summed E-state index contributed by atoms with van der Waals surface area (Å²) in [5.74, 6) is -1.03. The van der Waals surface area contributed by atoms with Crippen LogP contribution in [0.2, 0.25) is 0 Å². The number of likely N-dealkylation sites (tertiary alicyclic amines) is 1. The van der Waals surface area contributed by atoms with Gasteiger partial charge in [0.05, 0.1) is 0 Å². The number of carboxylic acids is 1. The molecule has 0 aromatic heterocycles. The molecule has 2 atom stereocenters. The summed E-state index contributed by atoms with van der Waals surface area (Å²) in [5, 5.41) is 12.0. The van der Waals surface area contributed by atoms with Gasteiger partial charge in [0, 0.05) is 12.6 Å². The van der Waals surface area contributed by atoms with Gasteiger partial charge < -0.3 is 20.1 Å². The average molecular weight is 292 g/mol. The molecule has 2 rings (SSSR count). The van der Waals surface area contributed by atoms with Crippen LogP contribution in [0.4, 0.5) is 4.79 Å². The van der Waals surface area contributed by atoms with Crippen LogP contribution in [-0.2, 0) is 16.1 Å². The summed E-state index contributed by atoms with van der Waals surface area (Å²) in [7, 11) is 1.84. The van der Waals surface area contributed by atoms with Gasteiger partial charge in [0.25, 0.3) is 0 Å². The largest absolute Gasteiger partial charge is 0.479 e. The second kappa shape index (κ2) is 6.13. The maximum atomic E-state index is 11.9. The molecule has 114 valence electrons. The molecule has 1 aromatic rings. The fraction of sp³-hybridized carbons (Fsp3) is 0.467. The highest BCUT2D eigenvalue weighted by atomic mass is 16.5. The van der Waals surface area contributed by atoms with Crippen LogP contribution in [0.3, 0.4) is 0 Å². The summed E-state index contributed by atoms with van der Waals surface area (Å²) < 4.78 is 5.10. The average Bonchev–Trinajstić information content (AvgIpc) is 2.74. The van der Waals surface area contributed by atoms with E-state index >= 15 is 0 Å². The van der Waals surface area contributed by atoms with Crippen molar-refractivity contribution in [2.24, 2.45) is 0 Å². The van der Waals surface area contributed by atoms with E-state index in [2.05, 4.69) is 5.32 Å². The molecule has 0 radical (unpaired) electrons. The van der Waals surface area contributed by atoms with E-state index in [4.69, 9.17) is 4.74 Å². The van der Waals surface area contributed by atoms with E-state index in [9.17, 15) is 14.7 Å². The Hall–Kier alpha value is -2.08. The van der Waals surface area contributed by atoms with Crippen LogP contribution in [0.1, 0.15) is 18.9 Å². The first kappa shape index (κ1) is 15.3. The zero-order valence-electron chi connectivity index (χ0n) is 12.2. The summed E-state index contributed by atoms with van der Waals surface area (Å²) >= 11 is 0. The third-order valence-electron chi connectivity index (χ3n) is 3.88. The van der Waals surface area contributed by atoms with Crippen molar-refractivity contribution < 1.29 is 19.4 Å². The Bertz CT molecular complexity index is 508. The summed E-state index contributed by atoms with van der Waals surface area (Å²) in [6.07, 6.45) is -0.344. The monoisotopic (exact) mass is 292 g/mol. The molecular weight excluding hydrogens is 272 g/mol. The fourth-order valence-electron chi connectivity index (χ4n) is 2.56. The number of amides is 1. The number of carbonyl (C=O) groups is 2. The van der Waals surface area contributed by atoms with Crippen LogP contribution in [0.5, 0.6) is 0 Å². The number of likely N-dealkylation sites (N-methyl/N-ethyl adjacent to an activating group) is 1. The number of aliphatic carboxylic acids is 1. The molecule has 1 aromatic carbocycles. The van der Waals surface area contributed by atoms with Gasteiger partial charge in [-0.15, -0.1) is 0 Å². The molecule has 21 heavy (non-hydrogen) atoms. The number of carboxylic acid groups (broad SMARTS) is 1. The molecule has 1 aliphatic heterocycles. The van der Waals surface area contributed by atoms with Crippen LogP contribution in [-0.4, -0.2) is 47.2 Å². The molecule has 0 bridgehead atoms. The Balaban J connectivity index is 1.95. The number of rotatable bonds is 4. The SMILES string of the molecule is CC1CC(NC(=O)OCc2ccccc2)(C(=O)O)CN1C. The number of hydrogen-bond donors (Lipinski definition) is 2. The van der Waals surface area contributed by atoms with Crippen molar-refractivity contribution in [3.05, 3.63) is 35.9 Å². The van der Waals surface area contributed by atoms with E-state index in [1.165, 1.54) is 0 Å². The summed E-state index contributed by atoms with van der Waals surface area (Å²) in [6.45, 7) is 2.32. The summed E-state index contributed by atoms with van der Waals surface area (Å²) in [5.41, 5.74) is -0.420. The lowest BCUT2D eigenvalue weighted by atomic mass is 9.97. The van der Waals surface area contributed by atoms with Crippen LogP contribution in [0.25, 0.3) is 0 Å². The lowest BCUT2D eigenvalue weighted by Gasteiger charge is -2.24. The maximum absolute atomic E-state index is 11.9. The standard InChI is InChI=1S/C15H20N2O4/c1-11-8-15(13(18)19,10-17(11)2)16-14(20)21-9-12-6-4-3-5-7-12/h3-7,11H,8-10H2,1-2H3,(H,16,20)(H,18,19). The van der Waals surface area contributed by atoms with Gasteiger partial charge in [0.2, 0.25) is 0 Å².